The van der Waals surface area contributed by atoms with Gasteiger partial charge in [0.1, 0.15) is 6.61 Å². The van der Waals surface area contributed by atoms with E-state index in [4.69, 9.17) is 21.0 Å². The van der Waals surface area contributed by atoms with Crippen LogP contribution in [0.5, 0.6) is 0 Å². The molecule has 0 atom stereocenters. The Bertz CT molecular complexity index is 464. The molecular formula is C18H37ClN2O2Si. The fraction of sp³-hybridized carbons (Fsp3) is 0.778. The van der Waals surface area contributed by atoms with E-state index < -0.39 is 19.4 Å². The van der Waals surface area contributed by atoms with E-state index in [2.05, 4.69) is 57.5 Å². The fourth-order valence-electron chi connectivity index (χ4n) is 0.964. The van der Waals surface area contributed by atoms with Gasteiger partial charge in [-0.05, 0) is 45.8 Å². The molecule has 4 nitrogen and oxygen atoms in total. The van der Waals surface area contributed by atoms with Crippen molar-refractivity contribution in [3.63, 3.8) is 0 Å². The highest BCUT2D eigenvalue weighted by Gasteiger charge is 2.36. The van der Waals surface area contributed by atoms with Gasteiger partial charge in [-0.1, -0.05) is 44.5 Å². The summed E-state index contributed by atoms with van der Waals surface area (Å²) in [4.78, 5) is 0. The Kier molecular flexibility index (Phi) is 13.1. The number of rotatable bonds is 2. The molecule has 0 aromatic heterocycles. The van der Waals surface area contributed by atoms with Crippen LogP contribution in [0.25, 0.3) is 0 Å². The SMILES string of the molecule is CC(C)(N)C#CCO.CC(C)(N)C#CCO[Si](C)(C)C(C)(C)C.Cl. The van der Waals surface area contributed by atoms with Crippen molar-refractivity contribution in [2.24, 2.45) is 11.5 Å². The third kappa shape index (κ3) is 17.8. The largest absolute Gasteiger partial charge is 0.406 e. The van der Waals surface area contributed by atoms with Crippen LogP contribution in [0.1, 0.15) is 48.5 Å². The molecule has 0 radical (unpaired) electrons. The first-order valence-corrected chi connectivity index (χ1v) is 10.8. The summed E-state index contributed by atoms with van der Waals surface area (Å²) in [5.41, 5.74) is 10.3. The van der Waals surface area contributed by atoms with Crippen LogP contribution in [0.15, 0.2) is 0 Å². The minimum Gasteiger partial charge on any atom is -0.406 e. The molecule has 5 N–H and O–H groups in total. The first-order chi connectivity index (χ1) is 10.0. The Hall–Kier alpha value is -0.533. The quantitative estimate of drug-likeness (QED) is 0.511. The van der Waals surface area contributed by atoms with Crippen LogP contribution in [0.3, 0.4) is 0 Å². The average molecular weight is 377 g/mol. The van der Waals surface area contributed by atoms with Gasteiger partial charge in [0.25, 0.3) is 0 Å². The highest BCUT2D eigenvalue weighted by Crippen LogP contribution is 2.36. The van der Waals surface area contributed by atoms with Crippen molar-refractivity contribution >= 4 is 20.7 Å². The van der Waals surface area contributed by atoms with Crippen LogP contribution in [0.4, 0.5) is 0 Å². The molecule has 0 aliphatic carbocycles. The van der Waals surface area contributed by atoms with Gasteiger partial charge in [-0.2, -0.15) is 0 Å². The van der Waals surface area contributed by atoms with E-state index in [1.807, 2.05) is 13.8 Å². The maximum Gasteiger partial charge on any atom is 0.193 e. The molecule has 0 rings (SSSR count). The van der Waals surface area contributed by atoms with Crippen LogP contribution < -0.4 is 11.5 Å². The Morgan fingerprint density at radius 1 is 0.875 bits per heavy atom. The number of halogens is 1. The number of aliphatic hydroxyl groups is 1. The topological polar surface area (TPSA) is 81.5 Å². The predicted octanol–water partition coefficient (Wildman–Crippen LogP) is 2.89. The average Bonchev–Trinajstić information content (AvgIpc) is 2.29. The molecule has 0 aliphatic heterocycles. The Morgan fingerprint density at radius 2 is 1.25 bits per heavy atom. The molecule has 0 unspecified atom stereocenters. The van der Waals surface area contributed by atoms with Crippen molar-refractivity contribution in [2.45, 2.75) is 77.7 Å². The molecule has 0 fully saturated rings. The molecule has 0 bridgehead atoms. The van der Waals surface area contributed by atoms with E-state index in [0.717, 1.165) is 0 Å². The maximum atomic E-state index is 8.20. The lowest BCUT2D eigenvalue weighted by Crippen LogP contribution is -2.40. The molecule has 0 aromatic carbocycles. The minimum absolute atomic E-state index is 0. The first kappa shape index (κ1) is 28.3. The lowest BCUT2D eigenvalue weighted by atomic mass is 10.1. The molecule has 24 heavy (non-hydrogen) atoms. The Labute approximate surface area is 156 Å². The van der Waals surface area contributed by atoms with Crippen molar-refractivity contribution in [3.8, 4) is 23.7 Å². The van der Waals surface area contributed by atoms with Gasteiger partial charge in [-0.25, -0.2) is 0 Å². The summed E-state index contributed by atoms with van der Waals surface area (Å²) in [6.07, 6.45) is 0. The second kappa shape index (κ2) is 11.2. The highest BCUT2D eigenvalue weighted by molar-refractivity contribution is 6.74. The van der Waals surface area contributed by atoms with Crippen LogP contribution in [0.2, 0.25) is 18.1 Å². The number of nitrogens with two attached hydrogens (primary N) is 2. The smallest absolute Gasteiger partial charge is 0.193 e. The van der Waals surface area contributed by atoms with Crippen molar-refractivity contribution in [1.29, 1.82) is 0 Å². The lowest BCUT2D eigenvalue weighted by Gasteiger charge is -2.35. The molecule has 0 aliphatic rings. The van der Waals surface area contributed by atoms with E-state index in [0.29, 0.717) is 6.61 Å². The highest BCUT2D eigenvalue weighted by atomic mass is 35.5. The second-order valence-corrected chi connectivity index (χ2v) is 13.1. The third-order valence-electron chi connectivity index (χ3n) is 3.21. The van der Waals surface area contributed by atoms with Gasteiger partial charge >= 0.3 is 0 Å². The van der Waals surface area contributed by atoms with E-state index in [-0.39, 0.29) is 24.1 Å². The van der Waals surface area contributed by atoms with Crippen LogP contribution in [0, 0.1) is 23.7 Å². The van der Waals surface area contributed by atoms with Gasteiger partial charge in [-0.3, -0.25) is 0 Å². The second-order valence-electron chi connectivity index (χ2n) is 8.25. The van der Waals surface area contributed by atoms with Gasteiger partial charge in [-0.15, -0.1) is 12.4 Å². The summed E-state index contributed by atoms with van der Waals surface area (Å²) >= 11 is 0. The molecule has 0 heterocycles. The summed E-state index contributed by atoms with van der Waals surface area (Å²) in [6.45, 7) is 18.9. The van der Waals surface area contributed by atoms with E-state index in [9.17, 15) is 0 Å². The van der Waals surface area contributed by atoms with Crippen molar-refractivity contribution < 1.29 is 9.53 Å². The predicted molar refractivity (Wildman–Crippen MR) is 110 cm³/mol. The van der Waals surface area contributed by atoms with Gasteiger partial charge in [0, 0.05) is 0 Å². The first-order valence-electron chi connectivity index (χ1n) is 7.84. The summed E-state index contributed by atoms with van der Waals surface area (Å²) in [6, 6.07) is 0. The van der Waals surface area contributed by atoms with E-state index >= 15 is 0 Å². The summed E-state index contributed by atoms with van der Waals surface area (Å²) in [7, 11) is -1.64. The number of hydrogen-bond donors (Lipinski definition) is 3. The molecule has 0 saturated carbocycles. The zero-order valence-corrected chi connectivity index (χ0v) is 18.6. The number of hydrogen-bond acceptors (Lipinski definition) is 4. The van der Waals surface area contributed by atoms with Crippen LogP contribution in [-0.2, 0) is 4.43 Å². The lowest BCUT2D eigenvalue weighted by molar-refractivity contribution is 0.334. The normalized spacial score (nSPS) is 11.7. The summed E-state index contributed by atoms with van der Waals surface area (Å²) in [5.74, 6) is 11.1. The van der Waals surface area contributed by atoms with Crippen molar-refractivity contribution in [3.05, 3.63) is 0 Å². The molecule has 0 amide bonds. The summed E-state index contributed by atoms with van der Waals surface area (Å²) < 4.78 is 5.90. The Morgan fingerprint density at radius 3 is 1.50 bits per heavy atom. The summed E-state index contributed by atoms with van der Waals surface area (Å²) in [5, 5.41) is 8.44. The molecule has 0 spiro atoms. The van der Waals surface area contributed by atoms with E-state index in [1.165, 1.54) is 0 Å². The molecule has 0 saturated heterocycles. The van der Waals surface area contributed by atoms with Crippen LogP contribution >= 0.6 is 12.4 Å². The van der Waals surface area contributed by atoms with Crippen LogP contribution in [-0.4, -0.2) is 37.7 Å². The third-order valence-corrected chi connectivity index (χ3v) is 7.69. The Balaban J connectivity index is -0.000000419. The van der Waals surface area contributed by atoms with E-state index in [1.54, 1.807) is 13.8 Å². The zero-order valence-electron chi connectivity index (χ0n) is 16.8. The fourth-order valence-corrected chi connectivity index (χ4v) is 1.83. The van der Waals surface area contributed by atoms with Crippen molar-refractivity contribution in [2.75, 3.05) is 13.2 Å². The monoisotopic (exact) mass is 376 g/mol. The standard InChI is InChI=1S/C12H25NOSi.C6H11NO.ClH/c1-11(2,3)15(6,7)14-10-8-9-12(4,5)13;1-6(2,7)4-3-5-8;/h10,13H2,1-7H3;8H,5,7H2,1-2H3;1H. The zero-order chi connectivity index (χ0) is 18.9. The van der Waals surface area contributed by atoms with Gasteiger partial charge in [0.05, 0.1) is 17.7 Å². The molecule has 6 heteroatoms. The minimum atomic E-state index is -1.64. The molecule has 0 aromatic rings. The maximum absolute atomic E-state index is 8.20. The van der Waals surface area contributed by atoms with Gasteiger partial charge < -0.3 is 21.0 Å². The number of aliphatic hydroxyl groups excluding tert-OH is 1. The van der Waals surface area contributed by atoms with Gasteiger partial charge in [0.15, 0.2) is 8.32 Å². The molecule has 142 valence electrons. The van der Waals surface area contributed by atoms with Gasteiger partial charge in [0.2, 0.25) is 0 Å². The van der Waals surface area contributed by atoms with Crippen molar-refractivity contribution in [1.82, 2.24) is 0 Å². The molecular weight excluding hydrogens is 340 g/mol.